The van der Waals surface area contributed by atoms with E-state index >= 15 is 0 Å². The molecule has 4 nitrogen and oxygen atoms in total. The molecule has 0 spiro atoms. The van der Waals surface area contributed by atoms with Crippen LogP contribution >= 0.6 is 11.3 Å². The smallest absolute Gasteiger partial charge is 0.345 e. The molecule has 86 valence electrons. The van der Waals surface area contributed by atoms with Gasteiger partial charge in [-0.3, -0.25) is 4.99 Å². The van der Waals surface area contributed by atoms with E-state index in [9.17, 15) is 4.79 Å². The van der Waals surface area contributed by atoms with Gasteiger partial charge in [0.05, 0.1) is 5.71 Å². The molecule has 0 aliphatic heterocycles. The summed E-state index contributed by atoms with van der Waals surface area (Å²) in [5.74, 6) is -0.915. The summed E-state index contributed by atoms with van der Waals surface area (Å²) in [6.07, 6.45) is 2.28. The van der Waals surface area contributed by atoms with Gasteiger partial charge in [-0.1, -0.05) is 6.92 Å². The molecule has 5 heteroatoms. The van der Waals surface area contributed by atoms with Gasteiger partial charge in [-0.2, -0.15) is 0 Å². The third-order valence-electron chi connectivity index (χ3n) is 2.19. The van der Waals surface area contributed by atoms with E-state index < -0.39 is 5.97 Å². The molecule has 0 aromatic carbocycles. The minimum Gasteiger partial charge on any atom is -0.477 e. The van der Waals surface area contributed by atoms with Gasteiger partial charge in [0.15, 0.2) is 0 Å². The minimum atomic E-state index is -0.915. The number of carboxylic acid groups (broad SMARTS) is 1. The van der Waals surface area contributed by atoms with E-state index in [0.717, 1.165) is 23.3 Å². The van der Waals surface area contributed by atoms with Crippen molar-refractivity contribution in [2.45, 2.75) is 13.3 Å². The molecule has 0 atom stereocenters. The van der Waals surface area contributed by atoms with Crippen molar-refractivity contribution in [2.75, 3.05) is 7.05 Å². The van der Waals surface area contributed by atoms with Crippen molar-refractivity contribution in [1.82, 2.24) is 0 Å². The van der Waals surface area contributed by atoms with E-state index in [1.165, 1.54) is 17.5 Å². The first-order valence-corrected chi connectivity index (χ1v) is 5.72. The molecule has 0 fully saturated rings. The van der Waals surface area contributed by atoms with Gasteiger partial charge in [0.2, 0.25) is 0 Å². The summed E-state index contributed by atoms with van der Waals surface area (Å²) in [5, 5.41) is 10.6. The molecule has 0 aliphatic carbocycles. The monoisotopic (exact) mass is 238 g/mol. The fourth-order valence-corrected chi connectivity index (χ4v) is 2.12. The lowest BCUT2D eigenvalue weighted by molar-refractivity contribution is 0.0702. The number of carboxylic acids is 1. The highest BCUT2D eigenvalue weighted by molar-refractivity contribution is 7.12. The van der Waals surface area contributed by atoms with Crippen molar-refractivity contribution >= 4 is 23.0 Å². The van der Waals surface area contributed by atoms with Crippen molar-refractivity contribution in [2.24, 2.45) is 10.7 Å². The van der Waals surface area contributed by atoms with Gasteiger partial charge >= 0.3 is 5.97 Å². The summed E-state index contributed by atoms with van der Waals surface area (Å²) in [5.41, 5.74) is 7.99. The number of nitrogens with zero attached hydrogens (tertiary/aromatic N) is 1. The zero-order chi connectivity index (χ0) is 12.1. The summed E-state index contributed by atoms with van der Waals surface area (Å²) >= 11 is 1.19. The Morgan fingerprint density at radius 1 is 1.69 bits per heavy atom. The Bertz CT molecular complexity index is 447. The molecule has 0 amide bonds. The Kier molecular flexibility index (Phi) is 4.25. The summed E-state index contributed by atoms with van der Waals surface area (Å²) < 4.78 is 0. The number of aromatic carboxylic acids is 1. The third-order valence-corrected chi connectivity index (χ3v) is 3.11. The number of hydrogen-bond acceptors (Lipinski definition) is 4. The molecule has 1 rings (SSSR count). The van der Waals surface area contributed by atoms with E-state index in [2.05, 4.69) is 4.99 Å². The second kappa shape index (κ2) is 5.46. The number of aliphatic imine (C=N–C) groups is 1. The van der Waals surface area contributed by atoms with E-state index in [0.29, 0.717) is 4.88 Å². The lowest BCUT2D eigenvalue weighted by Crippen LogP contribution is -2.05. The van der Waals surface area contributed by atoms with Crippen LogP contribution in [0.4, 0.5) is 0 Å². The fraction of sp³-hybridized carbons (Fsp3) is 0.273. The zero-order valence-electron chi connectivity index (χ0n) is 9.23. The summed E-state index contributed by atoms with van der Waals surface area (Å²) in [7, 11) is 1.67. The van der Waals surface area contributed by atoms with Gasteiger partial charge in [-0.25, -0.2) is 4.79 Å². The van der Waals surface area contributed by atoms with E-state index in [1.54, 1.807) is 18.5 Å². The molecule has 3 N–H and O–H groups in total. The molecule has 0 aliphatic rings. The first-order valence-electron chi connectivity index (χ1n) is 4.84. The average Bonchev–Trinajstić information content (AvgIpc) is 2.74. The first kappa shape index (κ1) is 12.4. The van der Waals surface area contributed by atoms with Crippen molar-refractivity contribution in [1.29, 1.82) is 0 Å². The number of thiophene rings is 1. The van der Waals surface area contributed by atoms with Gasteiger partial charge in [-0.05, 0) is 24.3 Å². The van der Waals surface area contributed by atoms with Gasteiger partial charge in [0.25, 0.3) is 0 Å². The maximum atomic E-state index is 10.8. The van der Waals surface area contributed by atoms with Crippen molar-refractivity contribution in [3.8, 4) is 0 Å². The topological polar surface area (TPSA) is 75.7 Å². The highest BCUT2D eigenvalue weighted by Gasteiger charge is 2.12. The molecule has 0 radical (unpaired) electrons. The Morgan fingerprint density at radius 3 is 2.75 bits per heavy atom. The SMILES string of the molecule is CCC(=CN)C(=NC)c1csc(C(=O)O)c1. The molecular formula is C11H14N2O2S. The first-order chi connectivity index (χ1) is 7.63. The van der Waals surface area contributed by atoms with Crippen molar-refractivity contribution in [3.63, 3.8) is 0 Å². The second-order valence-electron chi connectivity index (χ2n) is 3.12. The van der Waals surface area contributed by atoms with E-state index in [4.69, 9.17) is 10.8 Å². The number of nitrogens with two attached hydrogens (primary N) is 1. The molecule has 16 heavy (non-hydrogen) atoms. The summed E-state index contributed by atoms with van der Waals surface area (Å²) in [6.45, 7) is 1.98. The Labute approximate surface area is 98.1 Å². The van der Waals surface area contributed by atoms with Gasteiger partial charge in [0, 0.05) is 18.0 Å². The number of carbonyl (C=O) groups is 1. The Balaban J connectivity index is 3.10. The van der Waals surface area contributed by atoms with Gasteiger partial charge < -0.3 is 10.8 Å². The van der Waals surface area contributed by atoms with Crippen molar-refractivity contribution in [3.05, 3.63) is 33.7 Å². The fourth-order valence-electron chi connectivity index (χ4n) is 1.39. The molecule has 1 aromatic rings. The van der Waals surface area contributed by atoms with Gasteiger partial charge in [-0.15, -0.1) is 11.3 Å². The molecule has 0 bridgehead atoms. The standard InChI is InChI=1S/C11H14N2O2S/c1-3-7(5-12)10(13-2)8-4-9(11(14)15)16-6-8/h4-6H,3,12H2,1-2H3,(H,14,15). The Morgan fingerprint density at radius 2 is 2.38 bits per heavy atom. The molecule has 0 saturated carbocycles. The predicted molar refractivity (Wildman–Crippen MR) is 66.3 cm³/mol. The highest BCUT2D eigenvalue weighted by Crippen LogP contribution is 2.19. The molecule has 1 aromatic heterocycles. The quantitative estimate of drug-likeness (QED) is 0.789. The van der Waals surface area contributed by atoms with Gasteiger partial charge in [0.1, 0.15) is 4.88 Å². The third kappa shape index (κ3) is 2.49. The van der Waals surface area contributed by atoms with Crippen molar-refractivity contribution < 1.29 is 9.90 Å². The van der Waals surface area contributed by atoms with Crippen LogP contribution < -0.4 is 5.73 Å². The van der Waals surface area contributed by atoms with Crippen LogP contribution in [0.1, 0.15) is 28.6 Å². The van der Waals surface area contributed by atoms with E-state index in [1.807, 2.05) is 6.92 Å². The zero-order valence-corrected chi connectivity index (χ0v) is 10.0. The molecular weight excluding hydrogens is 224 g/mol. The maximum Gasteiger partial charge on any atom is 0.345 e. The van der Waals surface area contributed by atoms with Crippen LogP contribution in [0.15, 0.2) is 28.2 Å². The maximum absolute atomic E-state index is 10.8. The van der Waals surface area contributed by atoms with Crippen LogP contribution in [0, 0.1) is 0 Å². The summed E-state index contributed by atoms with van der Waals surface area (Å²) in [4.78, 5) is 15.2. The lowest BCUT2D eigenvalue weighted by Gasteiger charge is -2.05. The molecule has 0 unspecified atom stereocenters. The highest BCUT2D eigenvalue weighted by atomic mass is 32.1. The number of allylic oxidation sites excluding steroid dienone is 1. The Hall–Kier alpha value is -1.62. The van der Waals surface area contributed by atoms with Crippen LogP contribution in [-0.4, -0.2) is 23.8 Å². The predicted octanol–water partition coefficient (Wildman–Crippen LogP) is 2.12. The average molecular weight is 238 g/mol. The van der Waals surface area contributed by atoms with Crippen LogP contribution in [-0.2, 0) is 0 Å². The molecule has 1 heterocycles. The number of rotatable bonds is 4. The van der Waals surface area contributed by atoms with Crippen LogP contribution in [0.3, 0.4) is 0 Å². The normalized spacial score (nSPS) is 12.9. The van der Waals surface area contributed by atoms with Crippen LogP contribution in [0.5, 0.6) is 0 Å². The van der Waals surface area contributed by atoms with Crippen LogP contribution in [0.2, 0.25) is 0 Å². The number of hydrogen-bond donors (Lipinski definition) is 2. The van der Waals surface area contributed by atoms with Crippen LogP contribution in [0.25, 0.3) is 0 Å². The second-order valence-corrected chi connectivity index (χ2v) is 4.03. The molecule has 0 saturated heterocycles. The largest absolute Gasteiger partial charge is 0.477 e. The minimum absolute atomic E-state index is 0.309. The van der Waals surface area contributed by atoms with E-state index in [-0.39, 0.29) is 0 Å². The summed E-state index contributed by atoms with van der Waals surface area (Å²) in [6, 6.07) is 1.62. The lowest BCUT2D eigenvalue weighted by atomic mass is 10.0.